The number of rotatable bonds is 5. The molecule has 0 radical (unpaired) electrons. The summed E-state index contributed by atoms with van der Waals surface area (Å²) in [4.78, 5) is 0. The van der Waals surface area contributed by atoms with Crippen LogP contribution in [-0.2, 0) is 9.84 Å². The first-order chi connectivity index (χ1) is 9.35. The second kappa shape index (κ2) is 7.51. The SMILES string of the molecule is CC(C)S(=O)(=O)CCOc1cc(F)cc(C#CCCl)c1. The molecule has 0 N–H and O–H groups in total. The molecule has 0 fully saturated rings. The lowest BCUT2D eigenvalue weighted by atomic mass is 10.2. The van der Waals surface area contributed by atoms with Crippen molar-refractivity contribution in [2.24, 2.45) is 0 Å². The van der Waals surface area contributed by atoms with Gasteiger partial charge in [-0.3, -0.25) is 0 Å². The monoisotopic (exact) mass is 318 g/mol. The standard InChI is InChI=1S/C14H16ClFO3S/c1-11(2)20(17,18)7-6-19-14-9-12(4-3-5-15)8-13(16)10-14/h8-11H,5-7H2,1-2H3. The molecule has 1 rings (SSSR count). The second-order valence-corrected chi connectivity index (χ2v) is 7.32. The maximum atomic E-state index is 13.3. The lowest BCUT2D eigenvalue weighted by Gasteiger charge is -2.09. The van der Waals surface area contributed by atoms with Crippen LogP contribution in [0.15, 0.2) is 18.2 Å². The summed E-state index contributed by atoms with van der Waals surface area (Å²) in [6.07, 6.45) is 0. The molecule has 110 valence electrons. The summed E-state index contributed by atoms with van der Waals surface area (Å²) in [5.41, 5.74) is 0.437. The second-order valence-electron chi connectivity index (χ2n) is 4.38. The van der Waals surface area contributed by atoms with Crippen LogP contribution >= 0.6 is 11.6 Å². The number of alkyl halides is 1. The normalized spacial score (nSPS) is 11.1. The third-order valence-electron chi connectivity index (χ3n) is 2.53. The minimum atomic E-state index is -3.17. The van der Waals surface area contributed by atoms with Crippen molar-refractivity contribution in [2.45, 2.75) is 19.1 Å². The molecular weight excluding hydrogens is 303 g/mol. The van der Waals surface area contributed by atoms with Crippen molar-refractivity contribution in [1.82, 2.24) is 0 Å². The van der Waals surface area contributed by atoms with Gasteiger partial charge in [-0.1, -0.05) is 11.8 Å². The van der Waals surface area contributed by atoms with Crippen LogP contribution in [0.1, 0.15) is 19.4 Å². The summed E-state index contributed by atoms with van der Waals surface area (Å²) in [6, 6.07) is 4.00. The fourth-order valence-corrected chi connectivity index (χ4v) is 2.22. The van der Waals surface area contributed by atoms with E-state index in [4.69, 9.17) is 16.3 Å². The van der Waals surface area contributed by atoms with Gasteiger partial charge in [0.1, 0.15) is 18.2 Å². The lowest BCUT2D eigenvalue weighted by molar-refractivity contribution is 0.338. The molecule has 0 atom stereocenters. The Balaban J connectivity index is 2.72. The first-order valence-corrected chi connectivity index (χ1v) is 8.30. The highest BCUT2D eigenvalue weighted by molar-refractivity contribution is 7.91. The number of hydrogen-bond acceptors (Lipinski definition) is 3. The van der Waals surface area contributed by atoms with E-state index < -0.39 is 20.9 Å². The summed E-state index contributed by atoms with van der Waals surface area (Å²) >= 11 is 5.43. The predicted octanol–water partition coefficient (Wildman–Crippen LogP) is 2.62. The maximum Gasteiger partial charge on any atom is 0.155 e. The third kappa shape index (κ3) is 5.40. The zero-order valence-corrected chi connectivity index (χ0v) is 12.9. The van der Waals surface area contributed by atoms with E-state index in [0.29, 0.717) is 5.56 Å². The van der Waals surface area contributed by atoms with E-state index in [2.05, 4.69) is 11.8 Å². The van der Waals surface area contributed by atoms with Gasteiger partial charge in [-0.15, -0.1) is 11.6 Å². The Kier molecular flexibility index (Phi) is 6.31. The Labute approximate surface area is 124 Å². The molecule has 0 aromatic heterocycles. The van der Waals surface area contributed by atoms with Crippen molar-refractivity contribution < 1.29 is 17.5 Å². The number of halogens is 2. The van der Waals surface area contributed by atoms with Crippen molar-refractivity contribution in [3.05, 3.63) is 29.6 Å². The van der Waals surface area contributed by atoms with Gasteiger partial charge in [0.2, 0.25) is 0 Å². The van der Waals surface area contributed by atoms with Crippen LogP contribution in [0.4, 0.5) is 4.39 Å². The van der Waals surface area contributed by atoms with Gasteiger partial charge in [0.05, 0.1) is 16.9 Å². The molecule has 0 bridgehead atoms. The van der Waals surface area contributed by atoms with Crippen LogP contribution in [0, 0.1) is 17.7 Å². The summed E-state index contributed by atoms with van der Waals surface area (Å²) in [6.45, 7) is 3.20. The van der Waals surface area contributed by atoms with Crippen LogP contribution in [0.5, 0.6) is 5.75 Å². The van der Waals surface area contributed by atoms with Crippen LogP contribution in [0.3, 0.4) is 0 Å². The average molecular weight is 319 g/mol. The van der Waals surface area contributed by atoms with Gasteiger partial charge in [-0.25, -0.2) is 12.8 Å². The Morgan fingerprint density at radius 3 is 2.65 bits per heavy atom. The molecule has 0 heterocycles. The fourth-order valence-electron chi connectivity index (χ4n) is 1.37. The maximum absolute atomic E-state index is 13.3. The quantitative estimate of drug-likeness (QED) is 0.619. The molecule has 0 unspecified atom stereocenters. The molecule has 1 aromatic rings. The number of ether oxygens (including phenoxy) is 1. The summed E-state index contributed by atoms with van der Waals surface area (Å²) in [5, 5.41) is -0.455. The van der Waals surface area contributed by atoms with Crippen LogP contribution in [0.2, 0.25) is 0 Å². The molecule has 3 nitrogen and oxygen atoms in total. The van der Waals surface area contributed by atoms with Crippen LogP contribution in [-0.4, -0.2) is 31.9 Å². The highest BCUT2D eigenvalue weighted by atomic mass is 35.5. The zero-order valence-electron chi connectivity index (χ0n) is 11.3. The van der Waals surface area contributed by atoms with Crippen LogP contribution in [0.25, 0.3) is 0 Å². The fraction of sp³-hybridized carbons (Fsp3) is 0.429. The Morgan fingerprint density at radius 1 is 1.35 bits per heavy atom. The first-order valence-electron chi connectivity index (χ1n) is 6.05. The minimum Gasteiger partial charge on any atom is -0.492 e. The number of benzene rings is 1. The molecular formula is C14H16ClFO3S. The van der Waals surface area contributed by atoms with Gasteiger partial charge in [0.15, 0.2) is 9.84 Å². The van der Waals surface area contributed by atoms with E-state index in [1.54, 1.807) is 19.9 Å². The smallest absolute Gasteiger partial charge is 0.155 e. The van der Waals surface area contributed by atoms with Gasteiger partial charge < -0.3 is 4.74 Å². The number of sulfone groups is 1. The first kappa shape index (κ1) is 16.8. The van der Waals surface area contributed by atoms with Crippen molar-refractivity contribution in [1.29, 1.82) is 0 Å². The Morgan fingerprint density at radius 2 is 2.05 bits per heavy atom. The van der Waals surface area contributed by atoms with Gasteiger partial charge >= 0.3 is 0 Å². The van der Waals surface area contributed by atoms with Gasteiger partial charge in [0.25, 0.3) is 0 Å². The predicted molar refractivity (Wildman–Crippen MR) is 78.4 cm³/mol. The molecule has 0 amide bonds. The van der Waals surface area contributed by atoms with Gasteiger partial charge in [-0.2, -0.15) is 0 Å². The van der Waals surface area contributed by atoms with E-state index in [1.807, 2.05) is 0 Å². The van der Waals surface area contributed by atoms with Crippen molar-refractivity contribution in [3.63, 3.8) is 0 Å². The summed E-state index contributed by atoms with van der Waals surface area (Å²) in [7, 11) is -3.17. The molecule has 0 aliphatic heterocycles. The van der Waals surface area contributed by atoms with E-state index in [1.165, 1.54) is 12.1 Å². The molecule has 0 saturated carbocycles. The van der Waals surface area contributed by atoms with E-state index in [-0.39, 0.29) is 24.0 Å². The Bertz CT molecular complexity index is 615. The van der Waals surface area contributed by atoms with Crippen molar-refractivity contribution in [2.75, 3.05) is 18.2 Å². The van der Waals surface area contributed by atoms with Crippen LogP contribution < -0.4 is 4.74 Å². The van der Waals surface area contributed by atoms with Crippen molar-refractivity contribution in [3.8, 4) is 17.6 Å². The highest BCUT2D eigenvalue weighted by Crippen LogP contribution is 2.16. The lowest BCUT2D eigenvalue weighted by Crippen LogP contribution is -2.22. The zero-order chi connectivity index (χ0) is 15.2. The highest BCUT2D eigenvalue weighted by Gasteiger charge is 2.15. The minimum absolute atomic E-state index is 0.0215. The van der Waals surface area contributed by atoms with Gasteiger partial charge in [-0.05, 0) is 26.0 Å². The average Bonchev–Trinajstić information content (AvgIpc) is 2.35. The topological polar surface area (TPSA) is 43.4 Å². The van der Waals surface area contributed by atoms with E-state index in [0.717, 1.165) is 0 Å². The Hall–Kier alpha value is -1.25. The van der Waals surface area contributed by atoms with E-state index >= 15 is 0 Å². The molecule has 0 aliphatic carbocycles. The summed E-state index contributed by atoms with van der Waals surface area (Å²) in [5.74, 6) is 5.10. The molecule has 1 aromatic carbocycles. The number of hydrogen-bond donors (Lipinski definition) is 0. The largest absolute Gasteiger partial charge is 0.492 e. The van der Waals surface area contributed by atoms with E-state index in [9.17, 15) is 12.8 Å². The third-order valence-corrected chi connectivity index (χ3v) is 4.83. The van der Waals surface area contributed by atoms with Gasteiger partial charge in [0, 0.05) is 11.6 Å². The molecule has 0 saturated heterocycles. The molecule has 0 spiro atoms. The molecule has 0 aliphatic rings. The summed E-state index contributed by atoms with van der Waals surface area (Å²) < 4.78 is 41.8. The molecule has 6 heteroatoms. The molecule has 20 heavy (non-hydrogen) atoms. The van der Waals surface area contributed by atoms with Crippen molar-refractivity contribution >= 4 is 21.4 Å².